The number of urea groups is 1. The van der Waals surface area contributed by atoms with Crippen LogP contribution in [0.25, 0.3) is 0 Å². The van der Waals surface area contributed by atoms with Crippen molar-refractivity contribution in [3.05, 3.63) is 99.1 Å². The fourth-order valence-electron chi connectivity index (χ4n) is 11.5. The van der Waals surface area contributed by atoms with Crippen LogP contribution in [0.3, 0.4) is 0 Å². The number of hydrogen-bond acceptors (Lipinski definition) is 22. The number of carbonyl (C=O) groups excluding carboxylic acids is 7. The van der Waals surface area contributed by atoms with E-state index in [-0.39, 0.29) is 155 Å². The molecule has 3 aromatic carbocycles. The van der Waals surface area contributed by atoms with Gasteiger partial charge < -0.3 is 97.6 Å². The van der Waals surface area contributed by atoms with Gasteiger partial charge in [0.15, 0.2) is 6.61 Å². The Bertz CT molecular complexity index is 3500. The second-order valence-electron chi connectivity index (χ2n) is 25.9. The van der Waals surface area contributed by atoms with Crippen molar-refractivity contribution in [3.8, 4) is 5.75 Å². The minimum atomic E-state index is -1.59. The number of hydrogen-bond donors (Lipinski definition) is 16. The maximum atomic E-state index is 13.4. The lowest BCUT2D eigenvalue weighted by atomic mass is 10.0. The van der Waals surface area contributed by atoms with Gasteiger partial charge in [-0.05, 0) is 115 Å². The number of carboxylic acids is 8. The van der Waals surface area contributed by atoms with Crippen molar-refractivity contribution in [2.75, 3.05) is 125 Å². The van der Waals surface area contributed by atoms with Crippen molar-refractivity contribution < 1.29 is 127 Å². The zero-order valence-corrected chi connectivity index (χ0v) is 63.6. The molecule has 0 saturated carbocycles. The zero-order chi connectivity index (χ0) is 81.6. The van der Waals surface area contributed by atoms with Gasteiger partial charge in [-0.15, -0.1) is 0 Å². The molecule has 1 saturated heterocycles. The summed E-state index contributed by atoms with van der Waals surface area (Å²) >= 11 is 2.24. The smallest absolute Gasteiger partial charge is 0.326 e. The van der Waals surface area contributed by atoms with Crippen LogP contribution in [-0.2, 0) is 95.9 Å². The number of amides is 8. The summed E-state index contributed by atoms with van der Waals surface area (Å²) < 4.78 is 17.8. The third-order valence-corrected chi connectivity index (χ3v) is 18.1. The minimum absolute atomic E-state index is 0.0166. The summed E-state index contributed by atoms with van der Waals surface area (Å²) in [5.74, 6) is -14.2. The molecule has 0 radical (unpaired) electrons. The SMILES string of the molecule is O=C(O)CC[C@H](NC(=O)N[C@@H](CCCCNC(=O)[C@H](Cc1ccccc1)NC(=O)COc1ccc(C[C@H](NC(=O)CNC(=O)CCC(C(=O)O)N2CCN(CC(=O)O)CCN(C(CCC(=O)NCCOCCOCCNC(=O)CCCc3ccc(I)cc3)C(=O)O)CCN(CC(=O)O)CC2)C(=O)O)cc1)C(=O)O)C(=O)O. The summed E-state index contributed by atoms with van der Waals surface area (Å²) in [4.78, 5) is 193. The van der Waals surface area contributed by atoms with E-state index < -0.39 is 165 Å². The Morgan fingerprint density at radius 2 is 0.865 bits per heavy atom. The van der Waals surface area contributed by atoms with E-state index >= 15 is 0 Å². The number of carbonyl (C=O) groups is 15. The third kappa shape index (κ3) is 40.4. The molecule has 3 aromatic rings. The molecule has 39 heteroatoms. The maximum absolute atomic E-state index is 13.4. The van der Waals surface area contributed by atoms with Gasteiger partial charge in [-0.1, -0.05) is 54.6 Å². The second-order valence-corrected chi connectivity index (χ2v) is 27.1. The van der Waals surface area contributed by atoms with E-state index in [0.717, 1.165) is 15.6 Å². The van der Waals surface area contributed by atoms with E-state index in [2.05, 4.69) is 59.8 Å². The molecule has 0 spiro atoms. The standard InChI is InChI=1S/C72H101IN12O26/c73-50-16-12-47(13-17-50)9-6-11-58(86)74-27-37-109-39-40-110-38-28-75-59(87)23-21-56(70(104)105)84-33-29-82(44-64(93)94)31-35-85(36-32-83(30-34-84)45-65(95)96)57(71(106)107)22-24-60(88)77-43-61(89)79-55(69(102)103)42-49-14-18-51(19-15-49)111-46-62(90)78-54(41-48-7-2-1-3-8-48)66(97)76-26-5-4-10-52(67(98)99)80-72(108)81-53(68(100)101)20-25-63(91)92/h1-3,7-8,12-19,52-57H,4-6,9-11,20-46H2,(H,74,86)(H,75,87)(H,76,97)(H,77,88)(H,78,90)(H,79,89)(H,91,92)(H,93,94)(H,95,96)(H,98,99)(H,100,101)(H,102,103)(H,104,105)(H,106,107)(H2,80,81,108)/t52-,53-,54-,55-,56?,57?/m0/s1. The van der Waals surface area contributed by atoms with Gasteiger partial charge >= 0.3 is 53.8 Å². The number of aliphatic carboxylic acids is 8. The first-order valence-corrected chi connectivity index (χ1v) is 37.1. The number of aryl methyl sites for hydroxylation is 1. The van der Waals surface area contributed by atoms with E-state index in [1.807, 2.05) is 29.6 Å². The molecule has 1 aliphatic heterocycles. The average Bonchev–Trinajstić information content (AvgIpc) is 0.860. The lowest BCUT2D eigenvalue weighted by Gasteiger charge is -2.37. The highest BCUT2D eigenvalue weighted by Crippen LogP contribution is 2.17. The van der Waals surface area contributed by atoms with Crippen LogP contribution in [0.5, 0.6) is 5.75 Å². The first-order valence-electron chi connectivity index (χ1n) is 36.1. The van der Waals surface area contributed by atoms with Crippen LogP contribution in [0.1, 0.15) is 87.3 Å². The van der Waals surface area contributed by atoms with Crippen LogP contribution >= 0.6 is 22.6 Å². The number of unbranched alkanes of at least 4 members (excludes halogenated alkanes) is 1. The number of benzene rings is 3. The molecule has 1 heterocycles. The molecule has 4 rings (SSSR count). The highest BCUT2D eigenvalue weighted by atomic mass is 127. The molecule has 0 bridgehead atoms. The molecule has 6 atom stereocenters. The Morgan fingerprint density at radius 3 is 1.36 bits per heavy atom. The lowest BCUT2D eigenvalue weighted by Crippen LogP contribution is -2.53. The molecule has 111 heavy (non-hydrogen) atoms. The molecule has 0 aromatic heterocycles. The summed E-state index contributed by atoms with van der Waals surface area (Å²) in [6.45, 7) is -1.67. The largest absolute Gasteiger partial charge is 0.484 e. The lowest BCUT2D eigenvalue weighted by molar-refractivity contribution is -0.146. The van der Waals surface area contributed by atoms with Crippen molar-refractivity contribution in [2.24, 2.45) is 0 Å². The molecule has 0 aliphatic carbocycles. The predicted octanol–water partition coefficient (Wildman–Crippen LogP) is -0.871. The van der Waals surface area contributed by atoms with E-state index in [9.17, 15) is 108 Å². The normalized spacial score (nSPS) is 14.8. The van der Waals surface area contributed by atoms with Gasteiger partial charge in [-0.25, -0.2) is 19.2 Å². The summed E-state index contributed by atoms with van der Waals surface area (Å²) in [5, 5.41) is 98.3. The van der Waals surface area contributed by atoms with E-state index in [1.165, 1.54) is 43.9 Å². The van der Waals surface area contributed by atoms with Crippen LogP contribution in [0.15, 0.2) is 78.9 Å². The molecular weight excluding hydrogens is 1580 g/mol. The Balaban J connectivity index is 1.22. The van der Waals surface area contributed by atoms with E-state index in [0.29, 0.717) is 30.5 Å². The number of rotatable bonds is 52. The minimum Gasteiger partial charge on any atom is -0.484 e. The van der Waals surface area contributed by atoms with Gasteiger partial charge in [0.1, 0.15) is 42.0 Å². The summed E-state index contributed by atoms with van der Waals surface area (Å²) in [5.41, 5.74) is 2.24. The fourth-order valence-corrected chi connectivity index (χ4v) is 11.9. The molecule has 2 unspecified atom stereocenters. The summed E-state index contributed by atoms with van der Waals surface area (Å²) in [7, 11) is 0. The van der Waals surface area contributed by atoms with Crippen LogP contribution in [0.2, 0.25) is 0 Å². The van der Waals surface area contributed by atoms with Crippen LogP contribution in [0, 0.1) is 3.57 Å². The van der Waals surface area contributed by atoms with Crippen LogP contribution in [-0.4, -0.2) is 311 Å². The first kappa shape index (κ1) is 93.2. The van der Waals surface area contributed by atoms with Crippen molar-refractivity contribution in [2.45, 2.75) is 126 Å². The monoisotopic (exact) mass is 1680 g/mol. The highest BCUT2D eigenvalue weighted by molar-refractivity contribution is 14.1. The van der Waals surface area contributed by atoms with Gasteiger partial charge in [0.25, 0.3) is 5.91 Å². The van der Waals surface area contributed by atoms with Gasteiger partial charge in [-0.2, -0.15) is 0 Å². The summed E-state index contributed by atoms with van der Waals surface area (Å²) in [6.07, 6.45) is -0.300. The number of halogens is 1. The zero-order valence-electron chi connectivity index (χ0n) is 61.4. The van der Waals surface area contributed by atoms with Crippen molar-refractivity contribution >= 4 is 112 Å². The van der Waals surface area contributed by atoms with E-state index in [1.54, 1.807) is 30.3 Å². The number of ether oxygens (including phenoxy) is 3. The number of nitrogens with zero attached hydrogens (tertiary/aromatic N) is 4. The van der Waals surface area contributed by atoms with Gasteiger partial charge in [0.2, 0.25) is 29.5 Å². The first-order chi connectivity index (χ1) is 52.9. The Hall–Kier alpha value is -10.2. The highest BCUT2D eigenvalue weighted by Gasteiger charge is 2.33. The van der Waals surface area contributed by atoms with Crippen molar-refractivity contribution in [1.82, 2.24) is 62.1 Å². The second kappa shape index (κ2) is 52.1. The maximum Gasteiger partial charge on any atom is 0.326 e. The van der Waals surface area contributed by atoms with Gasteiger partial charge in [0, 0.05) is 114 Å². The predicted molar refractivity (Wildman–Crippen MR) is 401 cm³/mol. The molecule has 1 aliphatic rings. The van der Waals surface area contributed by atoms with Gasteiger partial charge in [-0.3, -0.25) is 72.3 Å². The number of carboxylic acid groups (broad SMARTS) is 8. The van der Waals surface area contributed by atoms with Crippen molar-refractivity contribution in [3.63, 3.8) is 0 Å². The van der Waals surface area contributed by atoms with Crippen LogP contribution in [0.4, 0.5) is 4.79 Å². The van der Waals surface area contributed by atoms with Crippen molar-refractivity contribution in [1.29, 1.82) is 0 Å². The third-order valence-electron chi connectivity index (χ3n) is 17.4. The topological polar surface area (TPSA) is 555 Å². The quantitative estimate of drug-likeness (QED) is 0.0241. The Morgan fingerprint density at radius 1 is 0.396 bits per heavy atom. The molecule has 8 amide bonds. The van der Waals surface area contributed by atoms with Crippen LogP contribution < -0.4 is 47.3 Å². The Kier molecular flexibility index (Phi) is 43.7. The van der Waals surface area contributed by atoms with Gasteiger partial charge in [0.05, 0.1) is 46.1 Å². The number of nitrogens with one attached hydrogen (secondary N) is 8. The molecule has 1 fully saturated rings. The van der Waals surface area contributed by atoms with E-state index in [4.69, 9.17) is 19.3 Å². The fraction of sp³-hybridized carbons (Fsp3) is 0.542. The molecule has 612 valence electrons. The molecular formula is C72H101IN12O26. The Labute approximate surface area is 653 Å². The average molecular weight is 1680 g/mol. The summed E-state index contributed by atoms with van der Waals surface area (Å²) in [6, 6.07) is 13.1. The molecule has 38 nitrogen and oxygen atoms in total. The molecule has 16 N–H and O–H groups in total.